The largest absolute Gasteiger partial charge is 0.496 e. The first kappa shape index (κ1) is 17.6. The second-order valence-corrected chi connectivity index (χ2v) is 5.67. The Morgan fingerprint density at radius 2 is 2.10 bits per heavy atom. The molecule has 0 saturated heterocycles. The molecule has 0 saturated carbocycles. The molecule has 0 aliphatic carbocycles. The number of Topliss-reactive ketones (excluding diaryl/α,β-unsaturated/α-hetero) is 1. The summed E-state index contributed by atoms with van der Waals surface area (Å²) >= 11 is 0. The van der Waals surface area contributed by atoms with Gasteiger partial charge in [-0.25, -0.2) is 4.39 Å². The van der Waals surface area contributed by atoms with Gasteiger partial charge in [0.05, 0.1) is 18.3 Å². The molecule has 1 N–H and O–H groups in total. The van der Waals surface area contributed by atoms with Gasteiger partial charge in [-0.2, -0.15) is 0 Å². The van der Waals surface area contributed by atoms with Crippen molar-refractivity contribution in [1.29, 1.82) is 0 Å². The number of likely N-dealkylation sites (N-methyl/N-ethyl adjacent to an activating group) is 1. The van der Waals surface area contributed by atoms with Crippen LogP contribution >= 0.6 is 0 Å². The molecular weight excluding hydrogens is 273 g/mol. The summed E-state index contributed by atoms with van der Waals surface area (Å²) in [5, 5.41) is 9.82. The summed E-state index contributed by atoms with van der Waals surface area (Å²) in [4.78, 5) is 14.2. The zero-order chi connectivity index (χ0) is 16.0. The zero-order valence-electron chi connectivity index (χ0n) is 13.1. The number of ether oxygens (including phenoxy) is 1. The summed E-state index contributed by atoms with van der Waals surface area (Å²) in [6, 6.07) is 4.34. The van der Waals surface area contributed by atoms with Crippen LogP contribution in [0.25, 0.3) is 0 Å². The molecule has 0 fully saturated rings. The molecule has 0 unspecified atom stereocenters. The Kier molecular flexibility index (Phi) is 6.30. The standard InChI is InChI=1S/C16H24FNO3/c1-5-18(11-16(2,3)20)10-9-13(19)15-12(17)7-6-8-14(15)21-4/h6-8,20H,5,9-11H2,1-4H3. The van der Waals surface area contributed by atoms with Gasteiger partial charge in [-0.15, -0.1) is 0 Å². The normalized spacial score (nSPS) is 11.8. The minimum absolute atomic E-state index is 0.000637. The highest BCUT2D eigenvalue weighted by Gasteiger charge is 2.21. The molecule has 0 bridgehead atoms. The second-order valence-electron chi connectivity index (χ2n) is 5.67. The van der Waals surface area contributed by atoms with Crippen LogP contribution < -0.4 is 4.74 Å². The summed E-state index contributed by atoms with van der Waals surface area (Å²) in [5.41, 5.74) is -0.825. The van der Waals surface area contributed by atoms with E-state index in [9.17, 15) is 14.3 Å². The Morgan fingerprint density at radius 1 is 1.43 bits per heavy atom. The molecule has 1 rings (SSSR count). The van der Waals surface area contributed by atoms with Gasteiger partial charge in [0.25, 0.3) is 0 Å². The summed E-state index contributed by atoms with van der Waals surface area (Å²) in [6.45, 7) is 7.04. The summed E-state index contributed by atoms with van der Waals surface area (Å²) in [7, 11) is 1.41. The third kappa shape index (κ3) is 5.44. The Balaban J connectivity index is 2.74. The molecule has 0 aliphatic rings. The molecule has 1 aromatic rings. The van der Waals surface area contributed by atoms with Crippen molar-refractivity contribution in [3.63, 3.8) is 0 Å². The van der Waals surface area contributed by atoms with Crippen LogP contribution in [-0.2, 0) is 0 Å². The van der Waals surface area contributed by atoms with Crippen molar-refractivity contribution in [1.82, 2.24) is 4.90 Å². The molecule has 0 amide bonds. The van der Waals surface area contributed by atoms with E-state index < -0.39 is 11.4 Å². The zero-order valence-corrected chi connectivity index (χ0v) is 13.1. The fourth-order valence-corrected chi connectivity index (χ4v) is 2.23. The molecule has 0 aromatic heterocycles. The van der Waals surface area contributed by atoms with Gasteiger partial charge in [-0.3, -0.25) is 4.79 Å². The van der Waals surface area contributed by atoms with E-state index in [1.54, 1.807) is 19.9 Å². The van der Waals surface area contributed by atoms with Crippen LogP contribution in [0.15, 0.2) is 18.2 Å². The van der Waals surface area contributed by atoms with Crippen LogP contribution in [0.5, 0.6) is 5.75 Å². The monoisotopic (exact) mass is 297 g/mol. The van der Waals surface area contributed by atoms with Crippen molar-refractivity contribution in [2.24, 2.45) is 0 Å². The molecule has 0 spiro atoms. The first-order chi connectivity index (χ1) is 9.78. The number of carbonyl (C=O) groups is 1. The van der Waals surface area contributed by atoms with Crippen LogP contribution in [0, 0.1) is 5.82 Å². The minimum atomic E-state index is -0.825. The molecule has 0 atom stereocenters. The Bertz CT molecular complexity index is 483. The summed E-state index contributed by atoms with van der Waals surface area (Å²) < 4.78 is 18.9. The number of hydrogen-bond donors (Lipinski definition) is 1. The quantitative estimate of drug-likeness (QED) is 0.749. The topological polar surface area (TPSA) is 49.8 Å². The van der Waals surface area contributed by atoms with Gasteiger partial charge in [0.1, 0.15) is 11.6 Å². The smallest absolute Gasteiger partial charge is 0.170 e. The van der Waals surface area contributed by atoms with E-state index in [-0.39, 0.29) is 23.5 Å². The van der Waals surface area contributed by atoms with Crippen molar-refractivity contribution >= 4 is 5.78 Å². The van der Waals surface area contributed by atoms with Crippen LogP contribution in [0.2, 0.25) is 0 Å². The van der Waals surface area contributed by atoms with Crippen molar-refractivity contribution < 1.29 is 19.0 Å². The molecule has 0 heterocycles. The van der Waals surface area contributed by atoms with E-state index in [0.29, 0.717) is 19.6 Å². The third-order valence-electron chi connectivity index (χ3n) is 3.19. The highest BCUT2D eigenvalue weighted by atomic mass is 19.1. The third-order valence-corrected chi connectivity index (χ3v) is 3.19. The average molecular weight is 297 g/mol. The van der Waals surface area contributed by atoms with Gasteiger partial charge in [-0.1, -0.05) is 13.0 Å². The number of methoxy groups -OCH3 is 1. The SMILES string of the molecule is CCN(CCC(=O)c1c(F)cccc1OC)CC(C)(C)O. The number of hydrogen-bond acceptors (Lipinski definition) is 4. The molecule has 4 nitrogen and oxygen atoms in total. The lowest BCUT2D eigenvalue weighted by Gasteiger charge is -2.27. The van der Waals surface area contributed by atoms with E-state index in [1.165, 1.54) is 19.2 Å². The number of rotatable bonds is 8. The Morgan fingerprint density at radius 3 is 2.62 bits per heavy atom. The molecule has 0 radical (unpaired) electrons. The van der Waals surface area contributed by atoms with E-state index in [2.05, 4.69) is 0 Å². The number of aliphatic hydroxyl groups is 1. The van der Waals surface area contributed by atoms with Gasteiger partial charge in [0.15, 0.2) is 5.78 Å². The highest BCUT2D eigenvalue weighted by molar-refractivity contribution is 5.99. The molecule has 1 aromatic carbocycles. The molecule has 5 heteroatoms. The Labute approximate surface area is 125 Å². The van der Waals surface area contributed by atoms with Gasteiger partial charge in [-0.05, 0) is 32.5 Å². The lowest BCUT2D eigenvalue weighted by molar-refractivity contribution is 0.0370. The fourth-order valence-electron chi connectivity index (χ4n) is 2.23. The highest BCUT2D eigenvalue weighted by Crippen LogP contribution is 2.22. The van der Waals surface area contributed by atoms with Gasteiger partial charge in [0.2, 0.25) is 0 Å². The second kappa shape index (κ2) is 7.52. The van der Waals surface area contributed by atoms with E-state index in [0.717, 1.165) is 0 Å². The van der Waals surface area contributed by atoms with Crippen molar-refractivity contribution in [2.75, 3.05) is 26.7 Å². The maximum atomic E-state index is 13.8. The number of nitrogens with zero attached hydrogens (tertiary/aromatic N) is 1. The first-order valence-corrected chi connectivity index (χ1v) is 7.09. The average Bonchev–Trinajstić information content (AvgIpc) is 2.41. The van der Waals surface area contributed by atoms with Crippen molar-refractivity contribution in [3.8, 4) is 5.75 Å². The maximum Gasteiger partial charge on any atom is 0.170 e. The maximum absolute atomic E-state index is 13.8. The van der Waals surface area contributed by atoms with E-state index >= 15 is 0 Å². The summed E-state index contributed by atoms with van der Waals surface area (Å²) in [5.74, 6) is -0.602. The van der Waals surface area contributed by atoms with Gasteiger partial charge >= 0.3 is 0 Å². The lowest BCUT2D eigenvalue weighted by Crippen LogP contribution is -2.39. The molecule has 0 aliphatic heterocycles. The van der Waals surface area contributed by atoms with Crippen molar-refractivity contribution in [2.45, 2.75) is 32.8 Å². The minimum Gasteiger partial charge on any atom is -0.496 e. The van der Waals surface area contributed by atoms with Crippen LogP contribution in [-0.4, -0.2) is 48.1 Å². The van der Waals surface area contributed by atoms with Crippen LogP contribution in [0.1, 0.15) is 37.6 Å². The van der Waals surface area contributed by atoms with Crippen molar-refractivity contribution in [3.05, 3.63) is 29.6 Å². The first-order valence-electron chi connectivity index (χ1n) is 7.09. The Hall–Kier alpha value is -1.46. The van der Waals surface area contributed by atoms with E-state index in [4.69, 9.17) is 4.74 Å². The number of ketones is 1. The molecule has 21 heavy (non-hydrogen) atoms. The molecule has 118 valence electrons. The molecular formula is C16H24FNO3. The van der Waals surface area contributed by atoms with Gasteiger partial charge in [0, 0.05) is 19.5 Å². The van der Waals surface area contributed by atoms with E-state index in [1.807, 2.05) is 11.8 Å². The van der Waals surface area contributed by atoms with Crippen LogP contribution in [0.3, 0.4) is 0 Å². The van der Waals surface area contributed by atoms with Gasteiger partial charge < -0.3 is 14.7 Å². The predicted molar refractivity (Wildman–Crippen MR) is 80.3 cm³/mol. The summed E-state index contributed by atoms with van der Waals surface area (Å²) in [6.07, 6.45) is 0.182. The lowest BCUT2D eigenvalue weighted by atomic mass is 10.1. The number of halogens is 1. The fraction of sp³-hybridized carbons (Fsp3) is 0.562. The predicted octanol–water partition coefficient (Wildman–Crippen LogP) is 2.50. The number of benzene rings is 1. The van der Waals surface area contributed by atoms with Crippen LogP contribution in [0.4, 0.5) is 4.39 Å². The number of carbonyl (C=O) groups excluding carboxylic acids is 1.